The molecular formula is C16H21N3O2. The van der Waals surface area contributed by atoms with E-state index < -0.39 is 0 Å². The van der Waals surface area contributed by atoms with Crippen molar-refractivity contribution < 1.29 is 9.90 Å². The fraction of sp³-hybridized carbons (Fsp3) is 0.500. The van der Waals surface area contributed by atoms with Gasteiger partial charge in [0.25, 0.3) is 5.91 Å². The highest BCUT2D eigenvalue weighted by molar-refractivity contribution is 5.94. The third kappa shape index (κ3) is 4.03. The molecule has 1 atom stereocenters. The van der Waals surface area contributed by atoms with E-state index in [-0.39, 0.29) is 25.1 Å². The zero-order valence-electron chi connectivity index (χ0n) is 12.1. The second-order valence-electron chi connectivity index (χ2n) is 5.15. The van der Waals surface area contributed by atoms with E-state index in [2.05, 4.69) is 16.8 Å². The van der Waals surface area contributed by atoms with Gasteiger partial charge in [-0.1, -0.05) is 24.7 Å². The number of rotatable bonds is 2. The van der Waals surface area contributed by atoms with Crippen molar-refractivity contribution in [2.75, 3.05) is 19.7 Å². The molecule has 112 valence electrons. The van der Waals surface area contributed by atoms with Gasteiger partial charge in [0.1, 0.15) is 0 Å². The highest BCUT2D eigenvalue weighted by atomic mass is 16.3. The summed E-state index contributed by atoms with van der Waals surface area (Å²) in [6, 6.07) is 1.64. The molecule has 2 heterocycles. The normalized spacial score (nSPS) is 18.6. The maximum Gasteiger partial charge on any atom is 0.255 e. The monoisotopic (exact) mass is 287 g/mol. The molecule has 2 rings (SSSR count). The number of hydrogen-bond acceptors (Lipinski definition) is 4. The van der Waals surface area contributed by atoms with Crippen molar-refractivity contribution in [3.63, 3.8) is 0 Å². The zero-order valence-corrected chi connectivity index (χ0v) is 12.1. The molecule has 1 amide bonds. The summed E-state index contributed by atoms with van der Waals surface area (Å²) >= 11 is 0. The fourth-order valence-electron chi connectivity index (χ4n) is 2.58. The van der Waals surface area contributed by atoms with Crippen LogP contribution in [-0.2, 0) is 0 Å². The molecule has 0 bridgehead atoms. The molecule has 1 aromatic heterocycles. The minimum Gasteiger partial charge on any atom is -0.394 e. The molecule has 1 unspecified atom stereocenters. The van der Waals surface area contributed by atoms with E-state index in [1.54, 1.807) is 23.4 Å². The number of hydrogen-bond donors (Lipinski definition) is 2. The van der Waals surface area contributed by atoms with Gasteiger partial charge in [0.05, 0.1) is 24.8 Å². The fourth-order valence-corrected chi connectivity index (χ4v) is 2.58. The maximum atomic E-state index is 12.6. The molecule has 5 heteroatoms. The summed E-state index contributed by atoms with van der Waals surface area (Å²) in [4.78, 5) is 18.5. The third-order valence-electron chi connectivity index (χ3n) is 3.67. The molecule has 3 N–H and O–H groups in total. The Hall–Kier alpha value is -1.90. The van der Waals surface area contributed by atoms with Gasteiger partial charge in [0.15, 0.2) is 0 Å². The van der Waals surface area contributed by atoms with Gasteiger partial charge in [0, 0.05) is 24.5 Å². The topological polar surface area (TPSA) is 79.5 Å². The first kappa shape index (κ1) is 15.5. The van der Waals surface area contributed by atoms with E-state index in [0.29, 0.717) is 17.7 Å². The summed E-state index contributed by atoms with van der Waals surface area (Å²) in [6.45, 7) is 0.964. The summed E-state index contributed by atoms with van der Waals surface area (Å²) in [5.41, 5.74) is 6.54. The number of amides is 1. The Morgan fingerprint density at radius 2 is 2.29 bits per heavy atom. The average molecular weight is 287 g/mol. The summed E-state index contributed by atoms with van der Waals surface area (Å²) in [6.07, 6.45) is 7.14. The summed E-state index contributed by atoms with van der Waals surface area (Å²) in [5, 5.41) is 9.51. The van der Waals surface area contributed by atoms with Crippen LogP contribution < -0.4 is 5.73 Å². The first-order chi connectivity index (χ1) is 10.3. The summed E-state index contributed by atoms with van der Waals surface area (Å²) in [7, 11) is 0. The highest BCUT2D eigenvalue weighted by Gasteiger charge is 2.25. The van der Waals surface area contributed by atoms with Crippen LogP contribution in [0.5, 0.6) is 0 Å². The lowest BCUT2D eigenvalue weighted by molar-refractivity contribution is 0.0599. The molecule has 1 aromatic rings. The molecule has 0 radical (unpaired) electrons. The predicted octanol–water partition coefficient (Wildman–Crippen LogP) is 0.769. The Bertz CT molecular complexity index is 548. The summed E-state index contributed by atoms with van der Waals surface area (Å²) in [5.74, 6) is 5.55. The number of aliphatic hydroxyl groups is 1. The molecule has 0 aromatic carbocycles. The average Bonchev–Trinajstić information content (AvgIpc) is 2.77. The highest BCUT2D eigenvalue weighted by Crippen LogP contribution is 2.19. The number of nitrogens with zero attached hydrogens (tertiary/aromatic N) is 2. The van der Waals surface area contributed by atoms with Crippen LogP contribution >= 0.6 is 0 Å². The van der Waals surface area contributed by atoms with Gasteiger partial charge < -0.3 is 15.7 Å². The van der Waals surface area contributed by atoms with Gasteiger partial charge >= 0.3 is 0 Å². The second-order valence-corrected chi connectivity index (χ2v) is 5.15. The van der Waals surface area contributed by atoms with Crippen molar-refractivity contribution >= 4 is 5.91 Å². The number of aliphatic hydroxyl groups excluding tert-OH is 1. The molecule has 1 aliphatic rings. The number of carbonyl (C=O) groups excluding carboxylic acids is 1. The zero-order chi connectivity index (χ0) is 15.1. The van der Waals surface area contributed by atoms with Gasteiger partial charge in [-0.15, -0.1) is 0 Å². The van der Waals surface area contributed by atoms with Crippen LogP contribution in [0.1, 0.15) is 41.6 Å². The second kappa shape index (κ2) is 7.77. The van der Waals surface area contributed by atoms with E-state index in [1.165, 1.54) is 0 Å². The number of aromatic nitrogens is 1. The largest absolute Gasteiger partial charge is 0.394 e. The number of nitrogens with two attached hydrogens (primary N) is 1. The van der Waals surface area contributed by atoms with E-state index >= 15 is 0 Å². The van der Waals surface area contributed by atoms with E-state index in [1.807, 2.05) is 0 Å². The van der Waals surface area contributed by atoms with E-state index in [0.717, 1.165) is 25.7 Å². The van der Waals surface area contributed by atoms with Crippen molar-refractivity contribution in [2.45, 2.75) is 31.7 Å². The minimum absolute atomic E-state index is 0.00579. The lowest BCUT2D eigenvalue weighted by atomic mass is 10.1. The third-order valence-corrected chi connectivity index (χ3v) is 3.67. The first-order valence-electron chi connectivity index (χ1n) is 7.32. The Morgan fingerprint density at radius 3 is 3.05 bits per heavy atom. The molecular weight excluding hydrogens is 266 g/mol. The lowest BCUT2D eigenvalue weighted by Crippen LogP contribution is -2.42. The van der Waals surface area contributed by atoms with Crippen molar-refractivity contribution in [1.82, 2.24) is 9.88 Å². The SMILES string of the molecule is NCC#Cc1cncc(C(=O)N2CCCCCC2CO)c1. The molecule has 0 spiro atoms. The van der Waals surface area contributed by atoms with Gasteiger partial charge in [-0.2, -0.15) is 0 Å². The molecule has 21 heavy (non-hydrogen) atoms. The van der Waals surface area contributed by atoms with Gasteiger partial charge in [-0.3, -0.25) is 9.78 Å². The molecule has 0 aliphatic carbocycles. The Labute approximate surface area is 125 Å². The standard InChI is InChI=1S/C16H21N3O2/c17-7-4-5-13-9-14(11-18-10-13)16(21)19-8-3-1-2-6-15(19)12-20/h9-11,15,20H,1-3,6-8,12,17H2. The van der Waals surface area contributed by atoms with Crippen molar-refractivity contribution in [1.29, 1.82) is 0 Å². The van der Waals surface area contributed by atoms with Crippen molar-refractivity contribution in [3.05, 3.63) is 29.6 Å². The van der Waals surface area contributed by atoms with Crippen LogP contribution in [0.3, 0.4) is 0 Å². The van der Waals surface area contributed by atoms with Crippen LogP contribution in [0.15, 0.2) is 18.5 Å². The Balaban J connectivity index is 2.21. The Morgan fingerprint density at radius 1 is 1.43 bits per heavy atom. The smallest absolute Gasteiger partial charge is 0.255 e. The molecule has 1 fully saturated rings. The van der Waals surface area contributed by atoms with E-state index in [9.17, 15) is 9.90 Å². The summed E-state index contributed by atoms with van der Waals surface area (Å²) < 4.78 is 0. The predicted molar refractivity (Wildman–Crippen MR) is 80.5 cm³/mol. The number of likely N-dealkylation sites (tertiary alicyclic amines) is 1. The van der Waals surface area contributed by atoms with Crippen molar-refractivity contribution in [2.24, 2.45) is 5.73 Å². The minimum atomic E-state index is -0.0983. The molecule has 0 saturated carbocycles. The van der Waals surface area contributed by atoms with Crippen LogP contribution in [0.2, 0.25) is 0 Å². The lowest BCUT2D eigenvalue weighted by Gasteiger charge is -2.28. The van der Waals surface area contributed by atoms with Gasteiger partial charge in [-0.25, -0.2) is 0 Å². The van der Waals surface area contributed by atoms with Gasteiger partial charge in [-0.05, 0) is 18.9 Å². The molecule has 5 nitrogen and oxygen atoms in total. The van der Waals surface area contributed by atoms with Crippen LogP contribution in [0, 0.1) is 11.8 Å². The molecule has 1 aliphatic heterocycles. The van der Waals surface area contributed by atoms with Crippen LogP contribution in [-0.4, -0.2) is 46.6 Å². The maximum absolute atomic E-state index is 12.6. The van der Waals surface area contributed by atoms with Crippen LogP contribution in [0.4, 0.5) is 0 Å². The molecule has 1 saturated heterocycles. The Kier molecular flexibility index (Phi) is 5.73. The number of pyridine rings is 1. The van der Waals surface area contributed by atoms with Crippen molar-refractivity contribution in [3.8, 4) is 11.8 Å². The quantitative estimate of drug-likeness (QED) is 0.787. The first-order valence-corrected chi connectivity index (χ1v) is 7.32. The van der Waals surface area contributed by atoms with Crippen LogP contribution in [0.25, 0.3) is 0 Å². The number of carbonyl (C=O) groups is 1. The van der Waals surface area contributed by atoms with E-state index in [4.69, 9.17) is 5.73 Å². The van der Waals surface area contributed by atoms with Gasteiger partial charge in [0.2, 0.25) is 0 Å².